The van der Waals surface area contributed by atoms with Crippen LogP contribution in [-0.2, 0) is 6.42 Å². The highest BCUT2D eigenvalue weighted by atomic mass is 79.9. The Morgan fingerprint density at radius 3 is 2.76 bits per heavy atom. The minimum atomic E-state index is -0.704. The summed E-state index contributed by atoms with van der Waals surface area (Å²) in [4.78, 5) is 0. The number of fused-ring (bicyclic) bond motifs is 1. The van der Waals surface area contributed by atoms with E-state index in [4.69, 9.17) is 9.47 Å². The number of ether oxygens (including phenoxy) is 2. The number of hydrogen-bond acceptors (Lipinski definition) is 3. The molecule has 1 N–H and O–H groups in total. The summed E-state index contributed by atoms with van der Waals surface area (Å²) in [6.07, 6.45) is 0.183. The van der Waals surface area contributed by atoms with Crippen molar-refractivity contribution < 1.29 is 14.6 Å². The van der Waals surface area contributed by atoms with Crippen LogP contribution < -0.4 is 9.47 Å². The molecule has 1 heterocycles. The van der Waals surface area contributed by atoms with Gasteiger partial charge in [-0.1, -0.05) is 28.1 Å². The van der Waals surface area contributed by atoms with Crippen LogP contribution >= 0.6 is 15.9 Å². The number of rotatable bonds is 4. The molecule has 0 aliphatic carbocycles. The lowest BCUT2D eigenvalue weighted by atomic mass is 9.98. The zero-order valence-electron chi connectivity index (χ0n) is 11.8. The van der Waals surface area contributed by atoms with E-state index in [1.165, 1.54) is 0 Å². The number of benzene rings is 2. The van der Waals surface area contributed by atoms with Gasteiger partial charge in [0.25, 0.3) is 0 Å². The SMILES string of the molecule is CCOc1ccc(C(O)c2cc(Br)cc3c2OCC3)cc1. The maximum atomic E-state index is 10.7. The fraction of sp³-hybridized carbons (Fsp3) is 0.294. The highest BCUT2D eigenvalue weighted by Crippen LogP contribution is 2.38. The molecule has 4 heteroatoms. The van der Waals surface area contributed by atoms with Crippen LogP contribution in [0, 0.1) is 0 Å². The maximum Gasteiger partial charge on any atom is 0.128 e. The number of halogens is 1. The van der Waals surface area contributed by atoms with Gasteiger partial charge in [0.05, 0.1) is 13.2 Å². The molecule has 0 aromatic heterocycles. The Morgan fingerprint density at radius 1 is 1.29 bits per heavy atom. The highest BCUT2D eigenvalue weighted by Gasteiger charge is 2.23. The van der Waals surface area contributed by atoms with E-state index in [9.17, 15) is 5.11 Å². The molecule has 3 nitrogen and oxygen atoms in total. The van der Waals surface area contributed by atoms with E-state index in [0.717, 1.165) is 39.1 Å². The van der Waals surface area contributed by atoms with Gasteiger partial charge in [0.2, 0.25) is 0 Å². The monoisotopic (exact) mass is 348 g/mol. The summed E-state index contributed by atoms with van der Waals surface area (Å²) in [6, 6.07) is 11.5. The zero-order valence-corrected chi connectivity index (χ0v) is 13.4. The van der Waals surface area contributed by atoms with Crippen molar-refractivity contribution in [3.63, 3.8) is 0 Å². The van der Waals surface area contributed by atoms with E-state index in [1.807, 2.05) is 37.3 Å². The van der Waals surface area contributed by atoms with Gasteiger partial charge in [0.1, 0.15) is 17.6 Å². The van der Waals surface area contributed by atoms with Crippen molar-refractivity contribution in [3.05, 3.63) is 57.6 Å². The van der Waals surface area contributed by atoms with Crippen molar-refractivity contribution in [1.29, 1.82) is 0 Å². The standard InChI is InChI=1S/C17H17BrO3/c1-2-20-14-5-3-11(4-6-14)16(19)15-10-13(18)9-12-7-8-21-17(12)15/h3-6,9-10,16,19H,2,7-8H2,1H3. The van der Waals surface area contributed by atoms with Gasteiger partial charge < -0.3 is 14.6 Å². The van der Waals surface area contributed by atoms with Gasteiger partial charge in [-0.25, -0.2) is 0 Å². The molecule has 0 saturated carbocycles. The minimum Gasteiger partial charge on any atom is -0.494 e. The maximum absolute atomic E-state index is 10.7. The lowest BCUT2D eigenvalue weighted by Crippen LogP contribution is -2.02. The molecule has 1 aliphatic rings. The largest absolute Gasteiger partial charge is 0.494 e. The quantitative estimate of drug-likeness (QED) is 0.911. The van der Waals surface area contributed by atoms with Crippen molar-refractivity contribution in [2.24, 2.45) is 0 Å². The highest BCUT2D eigenvalue weighted by molar-refractivity contribution is 9.10. The van der Waals surface area contributed by atoms with E-state index in [1.54, 1.807) is 0 Å². The second kappa shape index (κ2) is 6.08. The first-order valence-electron chi connectivity index (χ1n) is 7.05. The lowest BCUT2D eigenvalue weighted by Gasteiger charge is -2.16. The number of aliphatic hydroxyl groups excluding tert-OH is 1. The van der Waals surface area contributed by atoms with Gasteiger partial charge in [0, 0.05) is 16.5 Å². The molecule has 0 amide bonds. The van der Waals surface area contributed by atoms with Crippen LogP contribution in [0.25, 0.3) is 0 Å². The third-order valence-corrected chi connectivity index (χ3v) is 4.04. The molecule has 110 valence electrons. The van der Waals surface area contributed by atoms with Crippen LogP contribution in [0.1, 0.15) is 29.7 Å². The van der Waals surface area contributed by atoms with Crippen LogP contribution in [0.5, 0.6) is 11.5 Å². The molecular weight excluding hydrogens is 332 g/mol. The molecule has 0 fully saturated rings. The third kappa shape index (κ3) is 2.92. The summed E-state index contributed by atoms with van der Waals surface area (Å²) < 4.78 is 12.1. The smallest absolute Gasteiger partial charge is 0.128 e. The Kier molecular flexibility index (Phi) is 4.17. The second-order valence-corrected chi connectivity index (χ2v) is 5.90. The average Bonchev–Trinajstić information content (AvgIpc) is 2.95. The molecule has 1 unspecified atom stereocenters. The molecule has 0 bridgehead atoms. The van der Waals surface area contributed by atoms with Crippen LogP contribution in [-0.4, -0.2) is 18.3 Å². The molecule has 0 spiro atoms. The summed E-state index contributed by atoms with van der Waals surface area (Å²) in [5.74, 6) is 1.63. The molecule has 1 aliphatic heterocycles. The predicted molar refractivity (Wildman–Crippen MR) is 85.0 cm³/mol. The summed E-state index contributed by atoms with van der Waals surface area (Å²) in [5, 5.41) is 10.7. The van der Waals surface area contributed by atoms with E-state index in [-0.39, 0.29) is 0 Å². The molecule has 0 saturated heterocycles. The second-order valence-electron chi connectivity index (χ2n) is 4.99. The molecule has 1 atom stereocenters. The number of aliphatic hydroxyl groups is 1. The Balaban J connectivity index is 1.93. The molecular formula is C17H17BrO3. The molecule has 2 aromatic rings. The van der Waals surface area contributed by atoms with Crippen molar-refractivity contribution in [1.82, 2.24) is 0 Å². The Labute approximate surface area is 132 Å². The van der Waals surface area contributed by atoms with E-state index < -0.39 is 6.10 Å². The van der Waals surface area contributed by atoms with Gasteiger partial charge >= 0.3 is 0 Å². The van der Waals surface area contributed by atoms with Crippen molar-refractivity contribution in [2.75, 3.05) is 13.2 Å². The Hall–Kier alpha value is -1.52. The zero-order chi connectivity index (χ0) is 14.8. The Bertz CT molecular complexity index is 637. The van der Waals surface area contributed by atoms with Crippen LogP contribution in [0.2, 0.25) is 0 Å². The number of hydrogen-bond donors (Lipinski definition) is 1. The first kappa shape index (κ1) is 14.4. The Morgan fingerprint density at radius 2 is 2.05 bits per heavy atom. The van der Waals surface area contributed by atoms with Crippen molar-refractivity contribution in [3.8, 4) is 11.5 Å². The van der Waals surface area contributed by atoms with Crippen LogP contribution in [0.15, 0.2) is 40.9 Å². The molecule has 2 aromatic carbocycles. The topological polar surface area (TPSA) is 38.7 Å². The van der Waals surface area contributed by atoms with Gasteiger partial charge in [-0.15, -0.1) is 0 Å². The van der Waals surface area contributed by atoms with Gasteiger partial charge in [-0.05, 0) is 42.3 Å². The van der Waals surface area contributed by atoms with E-state index in [2.05, 4.69) is 22.0 Å². The van der Waals surface area contributed by atoms with E-state index in [0.29, 0.717) is 13.2 Å². The lowest BCUT2D eigenvalue weighted by molar-refractivity contribution is 0.213. The fourth-order valence-corrected chi connectivity index (χ4v) is 3.12. The first-order valence-corrected chi connectivity index (χ1v) is 7.84. The predicted octanol–water partition coefficient (Wildman–Crippen LogP) is 3.86. The normalized spacial score (nSPS) is 14.4. The summed E-state index contributed by atoms with van der Waals surface area (Å²) in [7, 11) is 0. The van der Waals surface area contributed by atoms with Gasteiger partial charge in [-0.3, -0.25) is 0 Å². The minimum absolute atomic E-state index is 0.634. The third-order valence-electron chi connectivity index (χ3n) is 3.58. The molecule has 0 radical (unpaired) electrons. The van der Waals surface area contributed by atoms with Crippen molar-refractivity contribution >= 4 is 15.9 Å². The van der Waals surface area contributed by atoms with E-state index >= 15 is 0 Å². The molecule has 3 rings (SSSR count). The summed E-state index contributed by atoms with van der Waals surface area (Å²) >= 11 is 3.50. The van der Waals surface area contributed by atoms with Crippen LogP contribution in [0.3, 0.4) is 0 Å². The van der Waals surface area contributed by atoms with Gasteiger partial charge in [0.15, 0.2) is 0 Å². The average molecular weight is 349 g/mol. The van der Waals surface area contributed by atoms with Crippen LogP contribution in [0.4, 0.5) is 0 Å². The fourth-order valence-electron chi connectivity index (χ4n) is 2.59. The first-order chi connectivity index (χ1) is 10.2. The summed E-state index contributed by atoms with van der Waals surface area (Å²) in [5.41, 5.74) is 2.78. The van der Waals surface area contributed by atoms with Crippen molar-refractivity contribution in [2.45, 2.75) is 19.4 Å². The van der Waals surface area contributed by atoms with Gasteiger partial charge in [-0.2, -0.15) is 0 Å². The summed E-state index contributed by atoms with van der Waals surface area (Å²) in [6.45, 7) is 3.26. The molecule has 21 heavy (non-hydrogen) atoms.